The quantitative estimate of drug-likeness (QED) is 0.238. The third kappa shape index (κ3) is 6.74. The predicted molar refractivity (Wildman–Crippen MR) is 157 cm³/mol. The molecule has 37 heavy (non-hydrogen) atoms. The van der Waals surface area contributed by atoms with E-state index in [1.807, 2.05) is 12.1 Å². The fourth-order valence-corrected chi connectivity index (χ4v) is 4.38. The van der Waals surface area contributed by atoms with E-state index in [0.717, 1.165) is 44.2 Å². The molecule has 186 valence electrons. The zero-order chi connectivity index (χ0) is 27.0. The summed E-state index contributed by atoms with van der Waals surface area (Å²) in [5.41, 5.74) is 7.13. The van der Waals surface area contributed by atoms with E-state index in [1.165, 1.54) is 0 Å². The first-order valence-corrected chi connectivity index (χ1v) is 15.9. The largest absolute Gasteiger partial charge is 0.378 e. The van der Waals surface area contributed by atoms with Crippen molar-refractivity contribution in [2.24, 2.45) is 0 Å². The third-order valence-corrected chi connectivity index (χ3v) is 6.37. The van der Waals surface area contributed by atoms with E-state index in [2.05, 4.69) is 108 Å². The van der Waals surface area contributed by atoms with Gasteiger partial charge < -0.3 is 14.8 Å². The van der Waals surface area contributed by atoms with Gasteiger partial charge in [-0.05, 0) is 88.4 Å². The molecule has 0 unspecified atom stereocenters. The molecular formula is C33H33NO2Si. The topological polar surface area (TPSA) is 45.4 Å². The molecule has 0 aliphatic heterocycles. The smallest absolute Gasteiger partial charge is 0.129 e. The molecule has 0 aliphatic rings. The Morgan fingerprint density at radius 3 is 1.46 bits per heavy atom. The highest BCUT2D eigenvalue weighted by Gasteiger charge is 2.14. The van der Waals surface area contributed by atoms with Gasteiger partial charge in [0.1, 0.15) is 19.3 Å². The molecule has 0 amide bonds. The van der Waals surface area contributed by atoms with Crippen LogP contribution in [0.2, 0.25) is 19.6 Å². The van der Waals surface area contributed by atoms with Gasteiger partial charge in [-0.25, -0.2) is 0 Å². The van der Waals surface area contributed by atoms with Gasteiger partial charge in [0, 0.05) is 33.2 Å². The standard InChI is InChI=1S/C33H33NO2Si/c1-32(2,35)19-16-25-10-14-30-28(22-25)29-23-26(17-20-33(3,4)36)11-15-31(29)34(30)27-12-8-24(9-13-27)18-21-37(5,6)7/h8-15,22-23,35-36H,1-7H3. The van der Waals surface area contributed by atoms with Gasteiger partial charge in [-0.3, -0.25) is 0 Å². The van der Waals surface area contributed by atoms with Crippen LogP contribution in [0.4, 0.5) is 0 Å². The Morgan fingerprint density at radius 1 is 0.622 bits per heavy atom. The first kappa shape index (κ1) is 26.3. The summed E-state index contributed by atoms with van der Waals surface area (Å²) in [6.45, 7) is 13.4. The molecule has 4 aromatic rings. The summed E-state index contributed by atoms with van der Waals surface area (Å²) in [5.74, 6) is 15.3. The van der Waals surface area contributed by atoms with Crippen LogP contribution in [-0.4, -0.2) is 34.1 Å². The maximum atomic E-state index is 10.1. The minimum Gasteiger partial charge on any atom is -0.378 e. The van der Waals surface area contributed by atoms with Crippen molar-refractivity contribution in [3.63, 3.8) is 0 Å². The van der Waals surface area contributed by atoms with Crippen LogP contribution in [0.15, 0.2) is 60.7 Å². The van der Waals surface area contributed by atoms with Crippen LogP contribution in [-0.2, 0) is 0 Å². The summed E-state index contributed by atoms with van der Waals surface area (Å²) in [4.78, 5) is 0. The Morgan fingerprint density at radius 2 is 1.05 bits per heavy atom. The maximum Gasteiger partial charge on any atom is 0.129 e. The number of fused-ring (bicyclic) bond motifs is 3. The molecule has 3 nitrogen and oxygen atoms in total. The van der Waals surface area contributed by atoms with Crippen LogP contribution < -0.4 is 0 Å². The number of nitrogens with zero attached hydrogens (tertiary/aromatic N) is 1. The molecule has 0 spiro atoms. The van der Waals surface area contributed by atoms with E-state index in [0.29, 0.717) is 0 Å². The molecule has 4 rings (SSSR count). The lowest BCUT2D eigenvalue weighted by Crippen LogP contribution is -2.16. The zero-order valence-corrected chi connectivity index (χ0v) is 23.6. The molecule has 0 aliphatic carbocycles. The lowest BCUT2D eigenvalue weighted by Gasteiger charge is -2.09. The maximum absolute atomic E-state index is 10.1. The van der Waals surface area contributed by atoms with Gasteiger partial charge in [-0.15, -0.1) is 5.54 Å². The van der Waals surface area contributed by atoms with E-state index in [-0.39, 0.29) is 0 Å². The average molecular weight is 504 g/mol. The van der Waals surface area contributed by atoms with Crippen LogP contribution in [0, 0.1) is 35.1 Å². The Hall–Kier alpha value is -3.72. The fraction of sp³-hybridized carbons (Fsp3) is 0.273. The number of benzene rings is 3. The molecule has 1 aromatic heterocycles. The first-order valence-electron chi connectivity index (χ1n) is 12.4. The molecule has 2 N–H and O–H groups in total. The highest BCUT2D eigenvalue weighted by molar-refractivity contribution is 6.83. The van der Waals surface area contributed by atoms with Crippen molar-refractivity contribution >= 4 is 29.9 Å². The van der Waals surface area contributed by atoms with Crippen molar-refractivity contribution in [3.05, 3.63) is 77.4 Å². The predicted octanol–water partition coefficient (Wildman–Crippen LogP) is 6.26. The van der Waals surface area contributed by atoms with E-state index in [4.69, 9.17) is 0 Å². The number of aliphatic hydroxyl groups is 2. The molecule has 0 saturated heterocycles. The molecule has 4 heteroatoms. The molecule has 0 saturated carbocycles. The average Bonchev–Trinajstić information content (AvgIpc) is 3.12. The summed E-state index contributed by atoms with van der Waals surface area (Å²) >= 11 is 0. The Labute approximate surface area is 221 Å². The lowest BCUT2D eigenvalue weighted by atomic mass is 10.1. The molecule has 0 atom stereocenters. The van der Waals surface area contributed by atoms with E-state index in [9.17, 15) is 10.2 Å². The van der Waals surface area contributed by atoms with Crippen LogP contribution in [0.5, 0.6) is 0 Å². The summed E-state index contributed by atoms with van der Waals surface area (Å²) in [5, 5.41) is 22.2. The first-order chi connectivity index (χ1) is 17.2. The van der Waals surface area contributed by atoms with E-state index in [1.54, 1.807) is 27.7 Å². The second-order valence-corrected chi connectivity index (χ2v) is 16.2. The number of aromatic nitrogens is 1. The minimum atomic E-state index is -1.45. The summed E-state index contributed by atoms with van der Waals surface area (Å²) in [6.07, 6.45) is 0. The monoisotopic (exact) mass is 503 g/mol. The second-order valence-electron chi connectivity index (χ2n) is 11.5. The van der Waals surface area contributed by atoms with Crippen molar-refractivity contribution in [1.82, 2.24) is 4.57 Å². The Kier molecular flexibility index (Phi) is 6.85. The van der Waals surface area contributed by atoms with Crippen molar-refractivity contribution in [1.29, 1.82) is 0 Å². The highest BCUT2D eigenvalue weighted by Crippen LogP contribution is 2.33. The second kappa shape index (κ2) is 9.62. The van der Waals surface area contributed by atoms with Crippen LogP contribution in [0.3, 0.4) is 0 Å². The van der Waals surface area contributed by atoms with Crippen molar-refractivity contribution in [3.8, 4) is 40.8 Å². The molecule has 0 bridgehead atoms. The van der Waals surface area contributed by atoms with Gasteiger partial charge in [-0.1, -0.05) is 49.2 Å². The Balaban J connectivity index is 1.92. The highest BCUT2D eigenvalue weighted by atomic mass is 28.3. The molecule has 3 aromatic carbocycles. The lowest BCUT2D eigenvalue weighted by molar-refractivity contribution is 0.143. The summed E-state index contributed by atoms with van der Waals surface area (Å²) < 4.78 is 2.24. The van der Waals surface area contributed by atoms with Gasteiger partial charge in [0.05, 0.1) is 11.0 Å². The summed E-state index contributed by atoms with van der Waals surface area (Å²) in [7, 11) is -1.45. The fourth-order valence-electron chi connectivity index (χ4n) is 3.86. The number of hydrogen-bond acceptors (Lipinski definition) is 2. The molecule has 1 heterocycles. The van der Waals surface area contributed by atoms with Gasteiger partial charge >= 0.3 is 0 Å². The van der Waals surface area contributed by atoms with Gasteiger partial charge in [0.15, 0.2) is 0 Å². The number of rotatable bonds is 1. The van der Waals surface area contributed by atoms with Crippen LogP contribution >= 0.6 is 0 Å². The van der Waals surface area contributed by atoms with Crippen molar-refractivity contribution in [2.45, 2.75) is 58.5 Å². The van der Waals surface area contributed by atoms with Crippen molar-refractivity contribution < 1.29 is 10.2 Å². The zero-order valence-electron chi connectivity index (χ0n) is 22.6. The molecule has 0 fully saturated rings. The summed E-state index contributed by atoms with van der Waals surface area (Å²) in [6, 6.07) is 20.6. The third-order valence-electron chi connectivity index (χ3n) is 5.50. The number of hydrogen-bond donors (Lipinski definition) is 2. The molecule has 0 radical (unpaired) electrons. The van der Waals surface area contributed by atoms with Gasteiger partial charge in [-0.2, -0.15) is 0 Å². The minimum absolute atomic E-state index is 0.832. The normalized spacial score (nSPS) is 11.8. The van der Waals surface area contributed by atoms with E-state index >= 15 is 0 Å². The van der Waals surface area contributed by atoms with Crippen LogP contribution in [0.25, 0.3) is 27.5 Å². The molecular weight excluding hydrogens is 470 g/mol. The van der Waals surface area contributed by atoms with Gasteiger partial charge in [0.2, 0.25) is 0 Å². The van der Waals surface area contributed by atoms with Gasteiger partial charge in [0.25, 0.3) is 0 Å². The van der Waals surface area contributed by atoms with Crippen molar-refractivity contribution in [2.75, 3.05) is 0 Å². The SMILES string of the molecule is CC(C)(O)C#Cc1ccc2c(c1)c1cc(C#CC(C)(C)O)ccc1n2-c1ccc(C#C[Si](C)(C)C)cc1. The Bertz CT molecular complexity index is 1580. The van der Waals surface area contributed by atoms with E-state index < -0.39 is 19.3 Å². The van der Waals surface area contributed by atoms with Crippen LogP contribution in [0.1, 0.15) is 44.4 Å².